The number of aryl methyl sites for hydroxylation is 1. The Morgan fingerprint density at radius 1 is 1.35 bits per heavy atom. The van der Waals surface area contributed by atoms with Crippen molar-refractivity contribution in [1.82, 2.24) is 14.8 Å². The number of aromatic nitrogens is 3. The maximum Gasteiger partial charge on any atom is 0.121 e. The number of benzene rings is 1. The van der Waals surface area contributed by atoms with E-state index in [1.165, 1.54) is 0 Å². The highest BCUT2D eigenvalue weighted by molar-refractivity contribution is 9.10. The number of nitrogens with zero attached hydrogens (tertiary/aromatic N) is 2. The van der Waals surface area contributed by atoms with Crippen molar-refractivity contribution in [2.45, 2.75) is 0 Å². The van der Waals surface area contributed by atoms with Gasteiger partial charge < -0.3 is 10.7 Å². The van der Waals surface area contributed by atoms with Crippen molar-refractivity contribution >= 4 is 32.7 Å². The zero-order valence-corrected chi connectivity index (χ0v) is 10.8. The largest absolute Gasteiger partial charge is 0.384 e. The van der Waals surface area contributed by atoms with Crippen LogP contribution < -0.4 is 5.73 Å². The molecule has 0 fully saturated rings. The number of hydrogen-bond donors (Lipinski definition) is 2. The van der Waals surface area contributed by atoms with Crippen LogP contribution in [-0.2, 0) is 7.05 Å². The third-order valence-corrected chi connectivity index (χ3v) is 3.33. The molecule has 0 atom stereocenters. The van der Waals surface area contributed by atoms with Crippen LogP contribution in [0, 0.1) is 0 Å². The third kappa shape index (κ3) is 1.63. The summed E-state index contributed by atoms with van der Waals surface area (Å²) in [5, 5.41) is 5.53. The van der Waals surface area contributed by atoms with Gasteiger partial charge in [-0.15, -0.1) is 0 Å². The van der Waals surface area contributed by atoms with Gasteiger partial charge in [0.2, 0.25) is 0 Å². The molecule has 86 valence electrons. The highest BCUT2D eigenvalue weighted by atomic mass is 79.9. The number of nitrogen functional groups attached to an aromatic ring is 1. The number of halogens is 1. The Balaban J connectivity index is 2.24. The summed E-state index contributed by atoms with van der Waals surface area (Å²) >= 11 is 3.45. The Morgan fingerprint density at radius 2 is 2.18 bits per heavy atom. The van der Waals surface area contributed by atoms with Gasteiger partial charge in [0.1, 0.15) is 5.82 Å². The zero-order chi connectivity index (χ0) is 12.0. The fraction of sp³-hybridized carbons (Fsp3) is 0.0833. The van der Waals surface area contributed by atoms with Crippen molar-refractivity contribution in [2.24, 2.45) is 7.05 Å². The molecule has 2 aromatic heterocycles. The van der Waals surface area contributed by atoms with Crippen LogP contribution in [0.15, 0.2) is 34.9 Å². The molecule has 0 saturated heterocycles. The lowest BCUT2D eigenvalue weighted by Crippen LogP contribution is -1.96. The highest BCUT2D eigenvalue weighted by Crippen LogP contribution is 2.30. The standard InChI is InChI=1S/C12H11BrN4/c1-17-12(14)5-11(16-17)9-6-15-10-4-7(13)2-3-8(9)10/h2-6,15H,14H2,1H3. The maximum absolute atomic E-state index is 5.80. The number of hydrogen-bond acceptors (Lipinski definition) is 2. The van der Waals surface area contributed by atoms with Crippen molar-refractivity contribution in [3.05, 3.63) is 34.9 Å². The van der Waals surface area contributed by atoms with Crippen LogP contribution in [-0.4, -0.2) is 14.8 Å². The number of fused-ring (bicyclic) bond motifs is 1. The van der Waals surface area contributed by atoms with Gasteiger partial charge in [-0.2, -0.15) is 5.10 Å². The Hall–Kier alpha value is -1.75. The first kappa shape index (κ1) is 10.4. The van der Waals surface area contributed by atoms with Crippen LogP contribution in [0.3, 0.4) is 0 Å². The molecule has 0 aliphatic rings. The predicted molar refractivity (Wildman–Crippen MR) is 72.6 cm³/mol. The summed E-state index contributed by atoms with van der Waals surface area (Å²) in [7, 11) is 1.84. The average Bonchev–Trinajstić information content (AvgIpc) is 2.83. The molecule has 0 saturated carbocycles. The second-order valence-electron chi connectivity index (χ2n) is 3.97. The number of H-pyrrole nitrogens is 1. The fourth-order valence-corrected chi connectivity index (χ4v) is 2.28. The molecular weight excluding hydrogens is 280 g/mol. The first-order valence-corrected chi connectivity index (χ1v) is 6.01. The number of nitrogens with one attached hydrogen (secondary N) is 1. The van der Waals surface area contributed by atoms with Gasteiger partial charge in [-0.25, -0.2) is 0 Å². The van der Waals surface area contributed by atoms with E-state index in [1.807, 2.05) is 31.4 Å². The molecule has 2 heterocycles. The molecule has 3 aromatic rings. The zero-order valence-electron chi connectivity index (χ0n) is 9.24. The Labute approximate surface area is 107 Å². The van der Waals surface area contributed by atoms with E-state index in [4.69, 9.17) is 5.73 Å². The molecule has 0 bridgehead atoms. The summed E-state index contributed by atoms with van der Waals surface area (Å²) in [4.78, 5) is 3.24. The second-order valence-corrected chi connectivity index (χ2v) is 4.89. The smallest absolute Gasteiger partial charge is 0.121 e. The van der Waals surface area contributed by atoms with Gasteiger partial charge in [-0.3, -0.25) is 4.68 Å². The van der Waals surface area contributed by atoms with Gasteiger partial charge in [0.25, 0.3) is 0 Å². The van der Waals surface area contributed by atoms with Crippen LogP contribution in [0.5, 0.6) is 0 Å². The van der Waals surface area contributed by atoms with Crippen molar-refractivity contribution < 1.29 is 0 Å². The summed E-state index contributed by atoms with van der Waals surface area (Å²) in [6, 6.07) is 8.01. The SMILES string of the molecule is Cn1nc(-c2c[nH]c3cc(Br)ccc23)cc1N. The van der Waals surface area contributed by atoms with E-state index in [-0.39, 0.29) is 0 Å². The van der Waals surface area contributed by atoms with Crippen molar-refractivity contribution in [3.63, 3.8) is 0 Å². The fourth-order valence-electron chi connectivity index (χ4n) is 1.92. The molecule has 17 heavy (non-hydrogen) atoms. The van der Waals surface area contributed by atoms with E-state index in [0.29, 0.717) is 5.82 Å². The molecule has 0 amide bonds. The van der Waals surface area contributed by atoms with Gasteiger partial charge in [-0.05, 0) is 12.1 Å². The first-order chi connectivity index (χ1) is 8.15. The normalized spacial score (nSPS) is 11.2. The topological polar surface area (TPSA) is 59.6 Å². The van der Waals surface area contributed by atoms with E-state index in [9.17, 15) is 0 Å². The van der Waals surface area contributed by atoms with Gasteiger partial charge in [0, 0.05) is 40.2 Å². The molecule has 5 heteroatoms. The number of aromatic amines is 1. The van der Waals surface area contributed by atoms with Gasteiger partial charge in [0.05, 0.1) is 5.69 Å². The van der Waals surface area contributed by atoms with E-state index < -0.39 is 0 Å². The Bertz CT molecular complexity index is 676. The molecule has 0 radical (unpaired) electrons. The quantitative estimate of drug-likeness (QED) is 0.724. The lowest BCUT2D eigenvalue weighted by Gasteiger charge is -1.95. The van der Waals surface area contributed by atoms with Crippen LogP contribution in [0.4, 0.5) is 5.82 Å². The second kappa shape index (κ2) is 3.63. The minimum absolute atomic E-state index is 0.659. The molecule has 1 aromatic carbocycles. The van der Waals surface area contributed by atoms with Crippen molar-refractivity contribution in [2.75, 3.05) is 5.73 Å². The van der Waals surface area contributed by atoms with Crippen molar-refractivity contribution in [3.8, 4) is 11.3 Å². The summed E-state index contributed by atoms with van der Waals surface area (Å²) < 4.78 is 2.73. The third-order valence-electron chi connectivity index (χ3n) is 2.84. The Kier molecular flexibility index (Phi) is 2.22. The van der Waals surface area contributed by atoms with E-state index in [2.05, 4.69) is 32.1 Å². The number of nitrogens with two attached hydrogens (primary N) is 1. The van der Waals surface area contributed by atoms with Gasteiger partial charge in [0.15, 0.2) is 0 Å². The van der Waals surface area contributed by atoms with E-state index in [0.717, 1.165) is 26.6 Å². The predicted octanol–water partition coefficient (Wildman–Crippen LogP) is 2.91. The minimum Gasteiger partial charge on any atom is -0.384 e. The van der Waals surface area contributed by atoms with Crippen LogP contribution >= 0.6 is 15.9 Å². The lowest BCUT2D eigenvalue weighted by atomic mass is 10.1. The summed E-state index contributed by atoms with van der Waals surface area (Å²) in [5.41, 5.74) is 8.84. The summed E-state index contributed by atoms with van der Waals surface area (Å²) in [6.45, 7) is 0. The summed E-state index contributed by atoms with van der Waals surface area (Å²) in [5.74, 6) is 0.659. The number of rotatable bonds is 1. The molecule has 0 spiro atoms. The molecule has 3 rings (SSSR count). The maximum atomic E-state index is 5.80. The number of anilines is 1. The molecule has 0 unspecified atom stereocenters. The highest BCUT2D eigenvalue weighted by Gasteiger charge is 2.10. The molecule has 3 N–H and O–H groups in total. The van der Waals surface area contributed by atoms with Crippen molar-refractivity contribution in [1.29, 1.82) is 0 Å². The molecule has 4 nitrogen and oxygen atoms in total. The van der Waals surface area contributed by atoms with Gasteiger partial charge in [-0.1, -0.05) is 22.0 Å². The molecule has 0 aliphatic carbocycles. The average molecular weight is 291 g/mol. The minimum atomic E-state index is 0.659. The molecular formula is C12H11BrN4. The lowest BCUT2D eigenvalue weighted by molar-refractivity contribution is 0.782. The van der Waals surface area contributed by atoms with E-state index in [1.54, 1.807) is 4.68 Å². The monoisotopic (exact) mass is 290 g/mol. The van der Waals surface area contributed by atoms with Gasteiger partial charge >= 0.3 is 0 Å². The van der Waals surface area contributed by atoms with Crippen LogP contribution in [0.2, 0.25) is 0 Å². The Morgan fingerprint density at radius 3 is 2.88 bits per heavy atom. The van der Waals surface area contributed by atoms with Crippen LogP contribution in [0.1, 0.15) is 0 Å². The summed E-state index contributed by atoms with van der Waals surface area (Å²) in [6.07, 6.45) is 1.96. The molecule has 0 aliphatic heterocycles. The van der Waals surface area contributed by atoms with E-state index >= 15 is 0 Å². The van der Waals surface area contributed by atoms with Crippen LogP contribution in [0.25, 0.3) is 22.2 Å². The first-order valence-electron chi connectivity index (χ1n) is 5.21.